The van der Waals surface area contributed by atoms with Gasteiger partial charge in [0, 0.05) is 0 Å². The lowest BCUT2D eigenvalue weighted by Gasteiger charge is -2.14. The summed E-state index contributed by atoms with van der Waals surface area (Å²) in [4.78, 5) is 25.2. The third kappa shape index (κ3) is 2.37. The van der Waals surface area contributed by atoms with Gasteiger partial charge in [0.05, 0.1) is 6.54 Å². The Bertz CT molecular complexity index is 482. The molecule has 1 N–H and O–H groups in total. The molecule has 2 rings (SSSR count). The second-order valence-corrected chi connectivity index (χ2v) is 5.08. The quantitative estimate of drug-likeness (QED) is 0.830. The zero-order chi connectivity index (χ0) is 13.3. The first kappa shape index (κ1) is 12.6. The summed E-state index contributed by atoms with van der Waals surface area (Å²) in [7, 11) is 0. The first-order valence-electron chi connectivity index (χ1n) is 6.16. The molecule has 1 aliphatic rings. The van der Waals surface area contributed by atoms with Gasteiger partial charge in [0.1, 0.15) is 6.04 Å². The van der Waals surface area contributed by atoms with Crippen LogP contribution < -0.4 is 5.32 Å². The molecule has 0 radical (unpaired) electrons. The molecule has 1 heterocycles. The second kappa shape index (κ2) is 4.80. The summed E-state index contributed by atoms with van der Waals surface area (Å²) in [5.41, 5.74) is 2.10. The smallest absolute Gasteiger partial charge is 0.325 e. The normalized spacial score (nSPS) is 19.6. The maximum absolute atomic E-state index is 12.1. The topological polar surface area (TPSA) is 49.4 Å². The van der Waals surface area contributed by atoms with Gasteiger partial charge in [-0.25, -0.2) is 4.79 Å². The van der Waals surface area contributed by atoms with E-state index in [1.807, 2.05) is 45.0 Å². The van der Waals surface area contributed by atoms with E-state index >= 15 is 0 Å². The fraction of sp³-hybridized carbons (Fsp3) is 0.429. The van der Waals surface area contributed by atoms with E-state index in [2.05, 4.69) is 5.32 Å². The van der Waals surface area contributed by atoms with Crippen LogP contribution in [0, 0.1) is 12.8 Å². The van der Waals surface area contributed by atoms with Gasteiger partial charge in [-0.05, 0) is 18.4 Å². The van der Waals surface area contributed by atoms with Crippen LogP contribution in [0.1, 0.15) is 25.0 Å². The highest BCUT2D eigenvalue weighted by atomic mass is 16.2. The van der Waals surface area contributed by atoms with Crippen molar-refractivity contribution in [3.63, 3.8) is 0 Å². The SMILES string of the molecule is Cc1cccc(CN2C(=O)NC(C(C)C)C2=O)c1. The number of hydrogen-bond donors (Lipinski definition) is 1. The molecule has 4 nitrogen and oxygen atoms in total. The van der Waals surface area contributed by atoms with Gasteiger partial charge in [0.2, 0.25) is 0 Å². The number of nitrogens with zero attached hydrogens (tertiary/aromatic N) is 1. The molecular weight excluding hydrogens is 228 g/mol. The minimum Gasteiger partial charge on any atom is -0.326 e. The summed E-state index contributed by atoms with van der Waals surface area (Å²) < 4.78 is 0. The van der Waals surface area contributed by atoms with Gasteiger partial charge in [-0.15, -0.1) is 0 Å². The molecule has 1 atom stereocenters. The zero-order valence-corrected chi connectivity index (χ0v) is 10.9. The first-order chi connectivity index (χ1) is 8.49. The monoisotopic (exact) mass is 246 g/mol. The Morgan fingerprint density at radius 1 is 1.33 bits per heavy atom. The van der Waals surface area contributed by atoms with Gasteiger partial charge < -0.3 is 5.32 Å². The van der Waals surface area contributed by atoms with Crippen LogP contribution in [0.5, 0.6) is 0 Å². The minimum absolute atomic E-state index is 0.115. The number of carbonyl (C=O) groups excluding carboxylic acids is 2. The molecule has 0 spiro atoms. The Labute approximate surface area is 107 Å². The molecule has 1 unspecified atom stereocenters. The Balaban J connectivity index is 2.15. The van der Waals surface area contributed by atoms with E-state index in [0.29, 0.717) is 6.54 Å². The minimum atomic E-state index is -0.387. The molecule has 3 amide bonds. The van der Waals surface area contributed by atoms with E-state index < -0.39 is 0 Å². The van der Waals surface area contributed by atoms with Crippen LogP contribution in [0.25, 0.3) is 0 Å². The largest absolute Gasteiger partial charge is 0.326 e. The van der Waals surface area contributed by atoms with Crippen LogP contribution in [-0.2, 0) is 11.3 Å². The van der Waals surface area contributed by atoms with Crippen LogP contribution >= 0.6 is 0 Å². The van der Waals surface area contributed by atoms with Crippen molar-refractivity contribution in [3.05, 3.63) is 35.4 Å². The Kier molecular flexibility index (Phi) is 3.36. The summed E-state index contributed by atoms with van der Waals surface area (Å²) in [5.74, 6) is -0.0135. The fourth-order valence-electron chi connectivity index (χ4n) is 2.14. The molecule has 0 aliphatic carbocycles. The molecule has 0 bridgehead atoms. The molecule has 0 saturated carbocycles. The van der Waals surface area contributed by atoms with E-state index in [1.54, 1.807) is 0 Å². The number of hydrogen-bond acceptors (Lipinski definition) is 2. The van der Waals surface area contributed by atoms with Crippen LogP contribution in [0.15, 0.2) is 24.3 Å². The van der Waals surface area contributed by atoms with Gasteiger partial charge in [-0.1, -0.05) is 43.7 Å². The van der Waals surface area contributed by atoms with Gasteiger partial charge >= 0.3 is 6.03 Å². The van der Waals surface area contributed by atoms with E-state index in [4.69, 9.17) is 0 Å². The summed E-state index contributed by atoms with van der Waals surface area (Å²) in [6.45, 7) is 6.19. The third-order valence-corrected chi connectivity index (χ3v) is 3.15. The number of amides is 3. The lowest BCUT2D eigenvalue weighted by atomic mass is 10.0. The summed E-state index contributed by atoms with van der Waals surface area (Å²) >= 11 is 0. The molecule has 1 aliphatic heterocycles. The predicted octanol–water partition coefficient (Wildman–Crippen LogP) is 2.07. The molecule has 18 heavy (non-hydrogen) atoms. The number of imide groups is 1. The maximum atomic E-state index is 12.1. The number of carbonyl (C=O) groups is 2. The van der Waals surface area contributed by atoms with Crippen molar-refractivity contribution in [2.75, 3.05) is 0 Å². The standard InChI is InChI=1S/C14H18N2O2/c1-9(2)12-13(17)16(14(18)15-12)8-11-6-4-5-10(3)7-11/h4-7,9,12H,8H2,1-3H3,(H,15,18). The first-order valence-corrected chi connectivity index (χ1v) is 6.16. The fourth-order valence-corrected chi connectivity index (χ4v) is 2.14. The zero-order valence-electron chi connectivity index (χ0n) is 10.9. The van der Waals surface area contributed by atoms with Crippen LogP contribution in [-0.4, -0.2) is 22.9 Å². The molecule has 4 heteroatoms. The Hall–Kier alpha value is -1.84. The number of benzene rings is 1. The average Bonchev–Trinajstić information content (AvgIpc) is 2.57. The average molecular weight is 246 g/mol. The van der Waals surface area contributed by atoms with Crippen molar-refractivity contribution < 1.29 is 9.59 Å². The Morgan fingerprint density at radius 3 is 2.61 bits per heavy atom. The third-order valence-electron chi connectivity index (χ3n) is 3.15. The number of aryl methyl sites for hydroxylation is 1. The Morgan fingerprint density at radius 2 is 2.06 bits per heavy atom. The number of urea groups is 1. The second-order valence-electron chi connectivity index (χ2n) is 5.08. The molecule has 1 fully saturated rings. The molecule has 1 aromatic rings. The van der Waals surface area contributed by atoms with Gasteiger partial charge in [0.25, 0.3) is 5.91 Å². The van der Waals surface area contributed by atoms with Gasteiger partial charge in [-0.2, -0.15) is 0 Å². The van der Waals surface area contributed by atoms with Crippen LogP contribution in [0.2, 0.25) is 0 Å². The van der Waals surface area contributed by atoms with Crippen molar-refractivity contribution in [1.29, 1.82) is 0 Å². The van der Waals surface area contributed by atoms with Crippen molar-refractivity contribution in [1.82, 2.24) is 10.2 Å². The summed E-state index contributed by atoms with van der Waals surface area (Å²) in [6, 6.07) is 7.16. The van der Waals surface area contributed by atoms with E-state index in [0.717, 1.165) is 11.1 Å². The van der Waals surface area contributed by atoms with E-state index in [-0.39, 0.29) is 23.9 Å². The molecule has 1 aromatic carbocycles. The summed E-state index contributed by atoms with van der Waals surface area (Å²) in [5, 5.41) is 2.73. The number of rotatable bonds is 3. The van der Waals surface area contributed by atoms with Crippen molar-refractivity contribution in [2.45, 2.75) is 33.4 Å². The summed E-state index contributed by atoms with van der Waals surface area (Å²) in [6.07, 6.45) is 0. The van der Waals surface area contributed by atoms with Crippen molar-refractivity contribution in [3.8, 4) is 0 Å². The highest BCUT2D eigenvalue weighted by Gasteiger charge is 2.39. The maximum Gasteiger partial charge on any atom is 0.325 e. The van der Waals surface area contributed by atoms with Crippen molar-refractivity contribution in [2.24, 2.45) is 5.92 Å². The molecule has 1 saturated heterocycles. The van der Waals surface area contributed by atoms with Crippen LogP contribution in [0.4, 0.5) is 4.79 Å². The van der Waals surface area contributed by atoms with Crippen LogP contribution in [0.3, 0.4) is 0 Å². The lowest BCUT2D eigenvalue weighted by Crippen LogP contribution is -2.34. The number of nitrogens with one attached hydrogen (secondary N) is 1. The molecule has 0 aromatic heterocycles. The highest BCUT2D eigenvalue weighted by Crippen LogP contribution is 2.17. The van der Waals surface area contributed by atoms with E-state index in [9.17, 15) is 9.59 Å². The highest BCUT2D eigenvalue weighted by molar-refractivity contribution is 6.04. The lowest BCUT2D eigenvalue weighted by molar-refractivity contribution is -0.128. The van der Waals surface area contributed by atoms with Gasteiger partial charge in [0.15, 0.2) is 0 Å². The van der Waals surface area contributed by atoms with Crippen molar-refractivity contribution >= 4 is 11.9 Å². The molecular formula is C14H18N2O2. The predicted molar refractivity (Wildman–Crippen MR) is 68.9 cm³/mol. The van der Waals surface area contributed by atoms with E-state index in [1.165, 1.54) is 4.90 Å². The van der Waals surface area contributed by atoms with Gasteiger partial charge in [-0.3, -0.25) is 9.69 Å². The molecule has 96 valence electrons.